The Kier molecular flexibility index (Phi) is 5.48. The van der Waals surface area contributed by atoms with Crippen LogP contribution in [0.2, 0.25) is 0 Å². The third-order valence-electron chi connectivity index (χ3n) is 5.40. The van der Waals surface area contributed by atoms with Crippen LogP contribution in [0.5, 0.6) is 5.75 Å². The quantitative estimate of drug-likeness (QED) is 0.405. The number of benzene rings is 3. The third kappa shape index (κ3) is 4.40. The third-order valence-corrected chi connectivity index (χ3v) is 5.40. The van der Waals surface area contributed by atoms with Crippen LogP contribution >= 0.6 is 0 Å². The zero-order valence-corrected chi connectivity index (χ0v) is 17.2. The minimum atomic E-state index is 0.582. The Morgan fingerprint density at radius 1 is 0.862 bits per heavy atom. The highest BCUT2D eigenvalue weighted by molar-refractivity contribution is 5.80. The number of nitrogens with zero attached hydrogens (tertiary/aromatic N) is 2. The van der Waals surface area contributed by atoms with Crippen molar-refractivity contribution in [3.63, 3.8) is 0 Å². The van der Waals surface area contributed by atoms with Gasteiger partial charge in [0.15, 0.2) is 0 Å². The molecule has 3 nitrogen and oxygen atoms in total. The highest BCUT2D eigenvalue weighted by Gasteiger charge is 2.07. The smallest absolute Gasteiger partial charge is 0.129 e. The molecule has 0 aliphatic heterocycles. The summed E-state index contributed by atoms with van der Waals surface area (Å²) in [4.78, 5) is 6.95. The predicted molar refractivity (Wildman–Crippen MR) is 121 cm³/mol. The highest BCUT2D eigenvalue weighted by atomic mass is 16.5. The molecule has 29 heavy (non-hydrogen) atoms. The van der Waals surface area contributed by atoms with E-state index < -0.39 is 0 Å². The Labute approximate surface area is 172 Å². The first kappa shape index (κ1) is 19.0. The van der Waals surface area contributed by atoms with Gasteiger partial charge in [-0.1, -0.05) is 48.5 Å². The summed E-state index contributed by atoms with van der Waals surface area (Å²) in [6.07, 6.45) is 0. The molecule has 146 valence electrons. The second kappa shape index (κ2) is 8.36. The molecule has 0 atom stereocenters. The number of hydrogen-bond donors (Lipinski definition) is 0. The number of rotatable bonds is 6. The number of anilines is 1. The van der Waals surface area contributed by atoms with Gasteiger partial charge in [0.1, 0.15) is 18.2 Å². The maximum absolute atomic E-state index is 6.08. The Balaban J connectivity index is 1.45. The standard InChI is InChI=1S/C26H26N2O/c1-19-8-6-11-23(20(19)2)18-29-24-12-7-9-21(16-24)17-28(3)26-15-14-22-10-4-5-13-25(22)27-26/h4-16H,17-18H2,1-3H3. The van der Waals surface area contributed by atoms with Crippen molar-refractivity contribution in [1.29, 1.82) is 0 Å². The van der Waals surface area contributed by atoms with E-state index in [4.69, 9.17) is 9.72 Å². The number of fused-ring (bicyclic) bond motifs is 1. The lowest BCUT2D eigenvalue weighted by Gasteiger charge is -2.19. The summed E-state index contributed by atoms with van der Waals surface area (Å²) in [5, 5.41) is 1.16. The molecule has 0 aliphatic carbocycles. The van der Waals surface area contributed by atoms with E-state index in [9.17, 15) is 0 Å². The van der Waals surface area contributed by atoms with Gasteiger partial charge in [0, 0.05) is 19.0 Å². The van der Waals surface area contributed by atoms with E-state index in [0.29, 0.717) is 6.61 Å². The zero-order chi connectivity index (χ0) is 20.2. The molecule has 0 aliphatic rings. The van der Waals surface area contributed by atoms with E-state index >= 15 is 0 Å². The van der Waals surface area contributed by atoms with Crippen molar-refractivity contribution in [2.45, 2.75) is 27.0 Å². The van der Waals surface area contributed by atoms with Gasteiger partial charge in [0.25, 0.3) is 0 Å². The molecular weight excluding hydrogens is 356 g/mol. The summed E-state index contributed by atoms with van der Waals surface area (Å²) in [6.45, 7) is 5.64. The van der Waals surface area contributed by atoms with Crippen LogP contribution in [-0.2, 0) is 13.2 Å². The molecule has 0 bridgehead atoms. The van der Waals surface area contributed by atoms with Crippen molar-refractivity contribution in [1.82, 2.24) is 4.98 Å². The van der Waals surface area contributed by atoms with Gasteiger partial charge in [-0.3, -0.25) is 0 Å². The molecule has 0 unspecified atom stereocenters. The average Bonchev–Trinajstić information content (AvgIpc) is 2.74. The molecule has 0 spiro atoms. The molecule has 3 heteroatoms. The van der Waals surface area contributed by atoms with Gasteiger partial charge in [-0.05, 0) is 66.4 Å². The maximum atomic E-state index is 6.08. The Morgan fingerprint density at radius 2 is 1.69 bits per heavy atom. The van der Waals surface area contributed by atoms with Gasteiger partial charge in [-0.25, -0.2) is 4.98 Å². The molecule has 4 rings (SSSR count). The molecule has 1 aromatic heterocycles. The van der Waals surface area contributed by atoms with Crippen molar-refractivity contribution in [3.05, 3.63) is 101 Å². The van der Waals surface area contributed by atoms with Crippen LogP contribution in [0.25, 0.3) is 10.9 Å². The Bertz CT molecular complexity index is 1140. The number of para-hydroxylation sites is 1. The van der Waals surface area contributed by atoms with E-state index in [2.05, 4.69) is 86.5 Å². The molecule has 0 amide bonds. The van der Waals surface area contributed by atoms with Crippen molar-refractivity contribution in [3.8, 4) is 5.75 Å². The molecule has 3 aromatic carbocycles. The molecule has 0 saturated heterocycles. The summed E-state index contributed by atoms with van der Waals surface area (Å²) in [5.41, 5.74) is 6.03. The minimum Gasteiger partial charge on any atom is -0.489 e. The lowest BCUT2D eigenvalue weighted by molar-refractivity contribution is 0.305. The van der Waals surface area contributed by atoms with Crippen LogP contribution in [0.1, 0.15) is 22.3 Å². The number of pyridine rings is 1. The number of aromatic nitrogens is 1. The molecular formula is C26H26N2O. The van der Waals surface area contributed by atoms with Crippen LogP contribution in [-0.4, -0.2) is 12.0 Å². The van der Waals surface area contributed by atoms with Crippen LogP contribution in [0.3, 0.4) is 0 Å². The van der Waals surface area contributed by atoms with E-state index in [1.807, 2.05) is 18.2 Å². The van der Waals surface area contributed by atoms with Crippen molar-refractivity contribution < 1.29 is 4.74 Å². The summed E-state index contributed by atoms with van der Waals surface area (Å²) in [6, 6.07) is 27.1. The fraction of sp³-hybridized carbons (Fsp3) is 0.192. The number of ether oxygens (including phenoxy) is 1. The maximum Gasteiger partial charge on any atom is 0.129 e. The predicted octanol–water partition coefficient (Wildman–Crippen LogP) is 6.07. The lowest BCUT2D eigenvalue weighted by Crippen LogP contribution is -2.17. The molecule has 0 saturated carbocycles. The fourth-order valence-corrected chi connectivity index (χ4v) is 3.49. The van der Waals surface area contributed by atoms with Crippen LogP contribution < -0.4 is 9.64 Å². The second-order valence-corrected chi connectivity index (χ2v) is 7.51. The van der Waals surface area contributed by atoms with Crippen molar-refractivity contribution in [2.24, 2.45) is 0 Å². The first-order valence-corrected chi connectivity index (χ1v) is 9.94. The summed E-state index contributed by atoms with van der Waals surface area (Å²) in [7, 11) is 2.07. The van der Waals surface area contributed by atoms with Crippen LogP contribution in [0.15, 0.2) is 78.9 Å². The van der Waals surface area contributed by atoms with Gasteiger partial charge < -0.3 is 9.64 Å². The Morgan fingerprint density at radius 3 is 2.59 bits per heavy atom. The van der Waals surface area contributed by atoms with Crippen molar-refractivity contribution in [2.75, 3.05) is 11.9 Å². The van der Waals surface area contributed by atoms with Gasteiger partial charge in [-0.2, -0.15) is 0 Å². The molecule has 0 fully saturated rings. The molecule has 1 heterocycles. The number of hydrogen-bond acceptors (Lipinski definition) is 3. The summed E-state index contributed by atoms with van der Waals surface area (Å²) in [5.74, 6) is 1.86. The molecule has 0 radical (unpaired) electrons. The van der Waals surface area contributed by atoms with E-state index in [0.717, 1.165) is 29.0 Å². The summed E-state index contributed by atoms with van der Waals surface area (Å²) >= 11 is 0. The van der Waals surface area contributed by atoms with Gasteiger partial charge in [0.05, 0.1) is 5.52 Å². The van der Waals surface area contributed by atoms with Crippen LogP contribution in [0.4, 0.5) is 5.82 Å². The van der Waals surface area contributed by atoms with E-state index in [1.54, 1.807) is 0 Å². The SMILES string of the molecule is Cc1cccc(COc2cccc(CN(C)c3ccc4ccccc4n3)c2)c1C. The van der Waals surface area contributed by atoms with Gasteiger partial charge in [0.2, 0.25) is 0 Å². The summed E-state index contributed by atoms with van der Waals surface area (Å²) < 4.78 is 6.08. The van der Waals surface area contributed by atoms with Gasteiger partial charge >= 0.3 is 0 Å². The lowest BCUT2D eigenvalue weighted by atomic mass is 10.0. The largest absolute Gasteiger partial charge is 0.489 e. The highest BCUT2D eigenvalue weighted by Crippen LogP contribution is 2.21. The number of aryl methyl sites for hydroxylation is 1. The normalized spacial score (nSPS) is 10.9. The monoisotopic (exact) mass is 382 g/mol. The van der Waals surface area contributed by atoms with Crippen LogP contribution in [0, 0.1) is 13.8 Å². The average molecular weight is 383 g/mol. The second-order valence-electron chi connectivity index (χ2n) is 7.51. The van der Waals surface area contributed by atoms with E-state index in [1.165, 1.54) is 22.3 Å². The topological polar surface area (TPSA) is 25.4 Å². The molecule has 0 N–H and O–H groups in total. The minimum absolute atomic E-state index is 0.582. The first-order valence-electron chi connectivity index (χ1n) is 9.94. The fourth-order valence-electron chi connectivity index (χ4n) is 3.49. The first-order chi connectivity index (χ1) is 14.1. The van der Waals surface area contributed by atoms with E-state index in [-0.39, 0.29) is 0 Å². The zero-order valence-electron chi connectivity index (χ0n) is 17.2. The van der Waals surface area contributed by atoms with Crippen molar-refractivity contribution >= 4 is 16.7 Å². The molecule has 4 aromatic rings. The Hall–Kier alpha value is -3.33. The van der Waals surface area contributed by atoms with Gasteiger partial charge in [-0.15, -0.1) is 0 Å².